The summed E-state index contributed by atoms with van der Waals surface area (Å²) in [5, 5.41) is 3.00. The van der Waals surface area contributed by atoms with Gasteiger partial charge in [-0.05, 0) is 49.6 Å². The Balaban J connectivity index is 1.69. The predicted octanol–water partition coefficient (Wildman–Crippen LogP) is 3.58. The van der Waals surface area contributed by atoms with Gasteiger partial charge in [-0.15, -0.1) is 0 Å². The number of carbonyl (C=O) groups is 2. The van der Waals surface area contributed by atoms with Crippen LogP contribution in [0.4, 0.5) is 16.2 Å². The van der Waals surface area contributed by atoms with Crippen LogP contribution in [0.25, 0.3) is 0 Å². The van der Waals surface area contributed by atoms with Gasteiger partial charge in [0.25, 0.3) is 10.0 Å². The molecule has 0 unspecified atom stereocenters. The van der Waals surface area contributed by atoms with Crippen molar-refractivity contribution in [3.8, 4) is 0 Å². The number of fused-ring (bicyclic) bond motifs is 1. The van der Waals surface area contributed by atoms with Crippen LogP contribution in [0.15, 0.2) is 53.4 Å². The molecule has 1 saturated carbocycles. The highest BCUT2D eigenvalue weighted by Gasteiger charge is 2.43. The van der Waals surface area contributed by atoms with Crippen molar-refractivity contribution in [3.05, 3.63) is 54.1 Å². The Hall–Kier alpha value is -2.87. The van der Waals surface area contributed by atoms with Crippen LogP contribution in [0.3, 0.4) is 0 Å². The maximum atomic E-state index is 13.3. The third-order valence-corrected chi connectivity index (χ3v) is 7.34. The summed E-state index contributed by atoms with van der Waals surface area (Å²) in [7, 11) is -4.09. The zero-order valence-electron chi connectivity index (χ0n) is 16.9. The molecule has 1 aliphatic carbocycles. The van der Waals surface area contributed by atoms with E-state index in [0.717, 1.165) is 35.6 Å². The number of amides is 3. The molecule has 2 aliphatic rings. The number of anilines is 2. The van der Waals surface area contributed by atoms with E-state index < -0.39 is 16.1 Å². The number of rotatable bonds is 4. The molecule has 7 nitrogen and oxygen atoms in total. The molecule has 0 bridgehead atoms. The van der Waals surface area contributed by atoms with E-state index in [1.165, 1.54) is 17.4 Å². The van der Waals surface area contributed by atoms with Gasteiger partial charge >= 0.3 is 6.03 Å². The fourth-order valence-electron chi connectivity index (χ4n) is 4.13. The lowest BCUT2D eigenvalue weighted by Gasteiger charge is -2.36. The second-order valence-electron chi connectivity index (χ2n) is 7.85. The number of nitrogens with zero attached hydrogens (tertiary/aromatic N) is 2. The van der Waals surface area contributed by atoms with Crippen molar-refractivity contribution in [1.82, 2.24) is 5.32 Å². The van der Waals surface area contributed by atoms with Gasteiger partial charge in [0.1, 0.15) is 11.4 Å². The van der Waals surface area contributed by atoms with Crippen LogP contribution in [0.5, 0.6) is 0 Å². The summed E-state index contributed by atoms with van der Waals surface area (Å²) in [6, 6.07) is 12.4. The zero-order valence-corrected chi connectivity index (χ0v) is 17.7. The van der Waals surface area contributed by atoms with Crippen molar-refractivity contribution in [2.24, 2.45) is 0 Å². The highest BCUT2D eigenvalue weighted by atomic mass is 32.2. The zero-order chi connectivity index (χ0) is 21.3. The van der Waals surface area contributed by atoms with Gasteiger partial charge in [0.15, 0.2) is 0 Å². The Morgan fingerprint density at radius 1 is 1.07 bits per heavy atom. The molecule has 0 aromatic heterocycles. The van der Waals surface area contributed by atoms with Crippen LogP contribution in [-0.4, -0.2) is 32.9 Å². The summed E-state index contributed by atoms with van der Waals surface area (Å²) in [6.45, 7) is 1.60. The van der Waals surface area contributed by atoms with Gasteiger partial charge < -0.3 is 5.32 Å². The van der Waals surface area contributed by atoms with E-state index in [4.69, 9.17) is 0 Å². The minimum absolute atomic E-state index is 0.0107. The van der Waals surface area contributed by atoms with Gasteiger partial charge in [-0.25, -0.2) is 13.2 Å². The SMILES string of the molecule is Cc1cccc(N2C(=O)N(CC(=O)NC3CCCCC3)c3ccccc3S2(=O)=O)c1. The number of hydrogen-bond donors (Lipinski definition) is 1. The topological polar surface area (TPSA) is 86.8 Å². The number of sulfonamides is 1. The minimum atomic E-state index is -4.09. The largest absolute Gasteiger partial charge is 0.352 e. The highest BCUT2D eigenvalue weighted by molar-refractivity contribution is 7.94. The molecular formula is C22H25N3O4S. The van der Waals surface area contributed by atoms with Crippen LogP contribution in [0.1, 0.15) is 37.7 Å². The summed E-state index contributed by atoms with van der Waals surface area (Å²) in [4.78, 5) is 27.3. The summed E-state index contributed by atoms with van der Waals surface area (Å²) in [6.07, 6.45) is 5.19. The van der Waals surface area contributed by atoms with Gasteiger partial charge in [-0.2, -0.15) is 4.31 Å². The molecule has 2 aromatic rings. The minimum Gasteiger partial charge on any atom is -0.352 e. The number of para-hydroxylation sites is 1. The third-order valence-electron chi connectivity index (χ3n) is 5.59. The average molecular weight is 428 g/mol. The molecule has 4 rings (SSSR count). The Bertz CT molecular complexity index is 1080. The molecular weight excluding hydrogens is 402 g/mol. The Morgan fingerprint density at radius 2 is 1.80 bits per heavy atom. The first-order valence-corrected chi connectivity index (χ1v) is 11.6. The highest BCUT2D eigenvalue weighted by Crippen LogP contribution is 2.37. The Kier molecular flexibility index (Phi) is 5.51. The third kappa shape index (κ3) is 3.79. The van der Waals surface area contributed by atoms with Crippen LogP contribution in [0, 0.1) is 6.92 Å². The molecule has 1 aliphatic heterocycles. The van der Waals surface area contributed by atoms with Crippen molar-refractivity contribution in [3.63, 3.8) is 0 Å². The van der Waals surface area contributed by atoms with Gasteiger partial charge in [0.2, 0.25) is 5.91 Å². The van der Waals surface area contributed by atoms with Crippen molar-refractivity contribution < 1.29 is 18.0 Å². The van der Waals surface area contributed by atoms with E-state index in [0.29, 0.717) is 0 Å². The molecule has 1 fully saturated rings. The van der Waals surface area contributed by atoms with E-state index in [1.54, 1.807) is 36.4 Å². The second-order valence-corrected chi connectivity index (χ2v) is 9.60. The molecule has 0 radical (unpaired) electrons. The fourth-order valence-corrected chi connectivity index (χ4v) is 5.72. The maximum absolute atomic E-state index is 13.3. The van der Waals surface area contributed by atoms with Crippen LogP contribution < -0.4 is 14.5 Å². The lowest BCUT2D eigenvalue weighted by molar-refractivity contribution is -0.120. The summed E-state index contributed by atoms with van der Waals surface area (Å²) in [5.41, 5.74) is 1.31. The molecule has 158 valence electrons. The van der Waals surface area contributed by atoms with Crippen molar-refractivity contribution in [2.75, 3.05) is 15.7 Å². The molecule has 0 spiro atoms. The predicted molar refractivity (Wildman–Crippen MR) is 115 cm³/mol. The summed E-state index contributed by atoms with van der Waals surface area (Å²) >= 11 is 0. The second kappa shape index (κ2) is 8.10. The van der Waals surface area contributed by atoms with Crippen LogP contribution >= 0.6 is 0 Å². The number of nitrogens with one attached hydrogen (secondary N) is 1. The Labute approximate surface area is 176 Å². The number of carbonyl (C=O) groups excluding carboxylic acids is 2. The van der Waals surface area contributed by atoms with Crippen LogP contribution in [-0.2, 0) is 14.8 Å². The van der Waals surface area contributed by atoms with E-state index >= 15 is 0 Å². The lowest BCUT2D eigenvalue weighted by Crippen LogP contribution is -2.54. The summed E-state index contributed by atoms with van der Waals surface area (Å²) < 4.78 is 27.3. The van der Waals surface area contributed by atoms with Gasteiger partial charge in [0.05, 0.1) is 11.4 Å². The molecule has 1 N–H and O–H groups in total. The normalized spacial score (nSPS) is 18.8. The first kappa shape index (κ1) is 20.4. The van der Waals surface area contributed by atoms with Crippen molar-refractivity contribution >= 4 is 33.3 Å². The molecule has 8 heteroatoms. The number of urea groups is 1. The van der Waals surface area contributed by atoms with E-state index in [1.807, 2.05) is 13.0 Å². The average Bonchev–Trinajstić information content (AvgIpc) is 2.72. The maximum Gasteiger partial charge on any atom is 0.343 e. The van der Waals surface area contributed by atoms with Crippen molar-refractivity contribution in [2.45, 2.75) is 50.0 Å². The molecule has 0 saturated heterocycles. The number of aryl methyl sites for hydroxylation is 1. The smallest absolute Gasteiger partial charge is 0.343 e. The summed E-state index contributed by atoms with van der Waals surface area (Å²) in [5.74, 6) is -0.284. The van der Waals surface area contributed by atoms with E-state index in [2.05, 4.69) is 5.32 Å². The van der Waals surface area contributed by atoms with Gasteiger partial charge in [0, 0.05) is 6.04 Å². The Morgan fingerprint density at radius 3 is 2.53 bits per heavy atom. The quantitative estimate of drug-likeness (QED) is 0.808. The van der Waals surface area contributed by atoms with E-state index in [-0.39, 0.29) is 34.8 Å². The molecule has 30 heavy (non-hydrogen) atoms. The number of hydrogen-bond acceptors (Lipinski definition) is 4. The first-order valence-electron chi connectivity index (χ1n) is 10.2. The lowest BCUT2D eigenvalue weighted by atomic mass is 9.95. The van der Waals surface area contributed by atoms with Crippen LogP contribution in [0.2, 0.25) is 0 Å². The van der Waals surface area contributed by atoms with Gasteiger partial charge in [-0.3, -0.25) is 9.69 Å². The molecule has 0 atom stereocenters. The molecule has 2 aromatic carbocycles. The first-order chi connectivity index (χ1) is 14.4. The molecule has 3 amide bonds. The van der Waals surface area contributed by atoms with E-state index in [9.17, 15) is 18.0 Å². The van der Waals surface area contributed by atoms with Gasteiger partial charge in [-0.1, -0.05) is 43.5 Å². The molecule has 1 heterocycles. The monoisotopic (exact) mass is 427 g/mol. The number of benzene rings is 2. The van der Waals surface area contributed by atoms with Crippen molar-refractivity contribution in [1.29, 1.82) is 0 Å². The standard InChI is InChI=1S/C22H25N3O4S/c1-16-8-7-11-18(14-16)25-22(27)24(15-21(26)23-17-9-3-2-4-10-17)19-12-5-6-13-20(19)30(25,28)29/h5-8,11-14,17H,2-4,9-10,15H2,1H3,(H,23,26). The fraction of sp³-hybridized carbons (Fsp3) is 0.364.